The Kier molecular flexibility index (Phi) is 3.75. The molecule has 0 radical (unpaired) electrons. The lowest BCUT2D eigenvalue weighted by Gasteiger charge is -2.15. The van der Waals surface area contributed by atoms with Crippen LogP contribution in [0.3, 0.4) is 0 Å². The molecule has 0 aromatic carbocycles. The van der Waals surface area contributed by atoms with Crippen molar-refractivity contribution in [3.05, 3.63) is 29.8 Å². The van der Waals surface area contributed by atoms with Gasteiger partial charge in [-0.2, -0.15) is 9.65 Å². The van der Waals surface area contributed by atoms with Crippen LogP contribution in [0.15, 0.2) is 18.3 Å². The summed E-state index contributed by atoms with van der Waals surface area (Å²) < 4.78 is 13.1. The fourth-order valence-electron chi connectivity index (χ4n) is 1.07. The number of pyridine rings is 1. The number of aromatic nitrogens is 1. The molecule has 0 bridgehead atoms. The van der Waals surface area contributed by atoms with Crippen LogP contribution in [0.5, 0.6) is 0 Å². The molecule has 1 aromatic heterocycles. The number of hydrogen-bond acceptors (Lipinski definition) is 3. The predicted molar refractivity (Wildman–Crippen MR) is 51.4 cm³/mol. The van der Waals surface area contributed by atoms with Crippen LogP contribution >= 0.6 is 0 Å². The summed E-state index contributed by atoms with van der Waals surface area (Å²) in [5.41, 5.74) is -0.0714. The van der Waals surface area contributed by atoms with E-state index in [0.717, 1.165) is 0 Å². The summed E-state index contributed by atoms with van der Waals surface area (Å²) in [6, 6.07) is 4.78. The molecule has 15 heavy (non-hydrogen) atoms. The molecule has 0 saturated carbocycles. The Bertz CT molecular complexity index is 400. The normalized spacial score (nSPS) is 9.40. The van der Waals surface area contributed by atoms with E-state index < -0.39 is 11.9 Å². The largest absolute Gasteiger partial charge is 0.341 e. The highest BCUT2D eigenvalue weighted by atomic mass is 19.1. The van der Waals surface area contributed by atoms with E-state index in [1.807, 2.05) is 6.07 Å². The van der Waals surface area contributed by atoms with Gasteiger partial charge in [0.25, 0.3) is 5.91 Å². The molecule has 0 atom stereocenters. The molecule has 0 aliphatic heterocycles. The van der Waals surface area contributed by atoms with Crippen LogP contribution in [0.25, 0.3) is 0 Å². The number of rotatable bonds is 3. The van der Waals surface area contributed by atoms with Crippen molar-refractivity contribution < 1.29 is 9.18 Å². The predicted octanol–water partition coefficient (Wildman–Crippen LogP) is 1.21. The van der Waals surface area contributed by atoms with Crippen LogP contribution in [0.2, 0.25) is 0 Å². The number of nitrogens with zero attached hydrogens (tertiary/aromatic N) is 3. The minimum Gasteiger partial charge on any atom is -0.341 e. The second-order valence-electron chi connectivity index (χ2n) is 2.98. The van der Waals surface area contributed by atoms with Gasteiger partial charge >= 0.3 is 0 Å². The number of halogens is 1. The molecule has 0 fully saturated rings. The number of nitriles is 1. The quantitative estimate of drug-likeness (QED) is 0.700. The minimum atomic E-state index is -0.786. The first-order chi connectivity index (χ1) is 7.16. The first-order valence-electron chi connectivity index (χ1n) is 4.39. The summed E-state index contributed by atoms with van der Waals surface area (Å²) in [5, 5.41) is 8.35. The SMILES string of the molecule is CN(CCC#N)C(=O)c1cccnc1F. The molecule has 0 unspecified atom stereocenters. The molecule has 0 N–H and O–H groups in total. The van der Waals surface area contributed by atoms with Crippen LogP contribution in [0.1, 0.15) is 16.8 Å². The lowest BCUT2D eigenvalue weighted by atomic mass is 10.2. The van der Waals surface area contributed by atoms with E-state index in [0.29, 0.717) is 0 Å². The van der Waals surface area contributed by atoms with E-state index in [-0.39, 0.29) is 18.5 Å². The molecule has 0 aliphatic rings. The second kappa shape index (κ2) is 5.05. The number of hydrogen-bond donors (Lipinski definition) is 0. The molecule has 1 rings (SSSR count). The van der Waals surface area contributed by atoms with E-state index in [4.69, 9.17) is 5.26 Å². The van der Waals surface area contributed by atoms with Crippen LogP contribution in [0.4, 0.5) is 4.39 Å². The molecule has 1 amide bonds. The molecular formula is C10H10FN3O. The average molecular weight is 207 g/mol. The molecule has 0 saturated heterocycles. The van der Waals surface area contributed by atoms with E-state index in [2.05, 4.69) is 4.98 Å². The molecule has 0 aliphatic carbocycles. The Hall–Kier alpha value is -1.96. The fourth-order valence-corrected chi connectivity index (χ4v) is 1.07. The fraction of sp³-hybridized carbons (Fsp3) is 0.300. The smallest absolute Gasteiger partial charge is 0.258 e. The monoisotopic (exact) mass is 207 g/mol. The first-order valence-corrected chi connectivity index (χ1v) is 4.39. The highest BCUT2D eigenvalue weighted by Gasteiger charge is 2.15. The Labute approximate surface area is 87.0 Å². The van der Waals surface area contributed by atoms with Crippen LogP contribution < -0.4 is 0 Å². The summed E-state index contributed by atoms with van der Waals surface area (Å²) >= 11 is 0. The molecule has 78 valence electrons. The van der Waals surface area contributed by atoms with Crippen LogP contribution in [-0.4, -0.2) is 29.4 Å². The van der Waals surface area contributed by atoms with Gasteiger partial charge in [-0.25, -0.2) is 4.98 Å². The van der Waals surface area contributed by atoms with Crippen molar-refractivity contribution in [3.63, 3.8) is 0 Å². The summed E-state index contributed by atoms with van der Waals surface area (Å²) in [6.07, 6.45) is 1.51. The zero-order valence-electron chi connectivity index (χ0n) is 8.27. The van der Waals surface area contributed by atoms with Gasteiger partial charge < -0.3 is 4.90 Å². The third kappa shape index (κ3) is 2.74. The van der Waals surface area contributed by atoms with Gasteiger partial charge in [0.2, 0.25) is 5.95 Å². The number of carbonyl (C=O) groups is 1. The molecular weight excluding hydrogens is 197 g/mol. The van der Waals surface area contributed by atoms with E-state index >= 15 is 0 Å². The van der Waals surface area contributed by atoms with Crippen LogP contribution in [-0.2, 0) is 0 Å². The van der Waals surface area contributed by atoms with Crippen molar-refractivity contribution in [1.82, 2.24) is 9.88 Å². The highest BCUT2D eigenvalue weighted by molar-refractivity contribution is 5.93. The summed E-state index contributed by atoms with van der Waals surface area (Å²) in [7, 11) is 1.52. The summed E-state index contributed by atoms with van der Waals surface area (Å²) in [4.78, 5) is 16.3. The minimum absolute atomic E-state index is 0.0714. The van der Waals surface area contributed by atoms with Gasteiger partial charge in [-0.05, 0) is 12.1 Å². The van der Waals surface area contributed by atoms with E-state index in [1.54, 1.807) is 0 Å². The zero-order valence-corrected chi connectivity index (χ0v) is 8.27. The number of carbonyl (C=O) groups excluding carboxylic acids is 1. The topological polar surface area (TPSA) is 57.0 Å². The van der Waals surface area contributed by atoms with Crippen molar-refractivity contribution in [2.75, 3.05) is 13.6 Å². The Morgan fingerprint density at radius 2 is 2.47 bits per heavy atom. The lowest BCUT2D eigenvalue weighted by Crippen LogP contribution is -2.28. The average Bonchev–Trinajstić information content (AvgIpc) is 2.25. The summed E-state index contributed by atoms with van der Waals surface area (Å²) in [6.45, 7) is 0.281. The van der Waals surface area contributed by atoms with Gasteiger partial charge in [-0.1, -0.05) is 0 Å². The third-order valence-corrected chi connectivity index (χ3v) is 1.90. The Balaban J connectivity index is 2.77. The third-order valence-electron chi connectivity index (χ3n) is 1.90. The Morgan fingerprint density at radius 1 is 1.73 bits per heavy atom. The van der Waals surface area contributed by atoms with Gasteiger partial charge in [0.05, 0.1) is 18.1 Å². The van der Waals surface area contributed by atoms with Crippen molar-refractivity contribution in [3.8, 4) is 6.07 Å². The van der Waals surface area contributed by atoms with Crippen molar-refractivity contribution >= 4 is 5.91 Å². The second-order valence-corrected chi connectivity index (χ2v) is 2.98. The van der Waals surface area contributed by atoms with Gasteiger partial charge in [-0.3, -0.25) is 4.79 Å². The van der Waals surface area contributed by atoms with Gasteiger partial charge in [0.1, 0.15) is 0 Å². The van der Waals surface area contributed by atoms with Gasteiger partial charge in [0.15, 0.2) is 0 Å². The standard InChI is InChI=1S/C10H10FN3O/c1-14(7-3-5-12)10(15)8-4-2-6-13-9(8)11/h2,4,6H,3,7H2,1H3. The molecule has 4 nitrogen and oxygen atoms in total. The molecule has 5 heteroatoms. The van der Waals surface area contributed by atoms with Crippen molar-refractivity contribution in [2.45, 2.75) is 6.42 Å². The van der Waals surface area contributed by atoms with Crippen LogP contribution in [0, 0.1) is 17.3 Å². The van der Waals surface area contributed by atoms with Gasteiger partial charge in [0, 0.05) is 19.8 Å². The maximum atomic E-state index is 13.1. The maximum absolute atomic E-state index is 13.1. The van der Waals surface area contributed by atoms with E-state index in [1.165, 1.54) is 30.3 Å². The maximum Gasteiger partial charge on any atom is 0.258 e. The zero-order chi connectivity index (χ0) is 11.3. The summed E-state index contributed by atoms with van der Waals surface area (Å²) in [5.74, 6) is -1.25. The highest BCUT2D eigenvalue weighted by Crippen LogP contribution is 2.06. The molecule has 0 spiro atoms. The Morgan fingerprint density at radius 3 is 3.07 bits per heavy atom. The van der Waals surface area contributed by atoms with Gasteiger partial charge in [-0.15, -0.1) is 0 Å². The number of amides is 1. The lowest BCUT2D eigenvalue weighted by molar-refractivity contribution is 0.0792. The van der Waals surface area contributed by atoms with E-state index in [9.17, 15) is 9.18 Å². The van der Waals surface area contributed by atoms with Crippen molar-refractivity contribution in [2.24, 2.45) is 0 Å². The first kappa shape index (κ1) is 11.1. The van der Waals surface area contributed by atoms with Crippen molar-refractivity contribution in [1.29, 1.82) is 5.26 Å². The molecule has 1 heterocycles. The molecule has 1 aromatic rings.